The van der Waals surface area contributed by atoms with E-state index in [4.69, 9.17) is 18.9 Å². The molecule has 3 rings (SSSR count). The van der Waals surface area contributed by atoms with Crippen LogP contribution in [0.2, 0.25) is 0 Å². The monoisotopic (exact) mass is 317 g/mol. The smallest absolute Gasteiger partial charge is 0.340 e. The molecular formula is C16H15NO6. The summed E-state index contributed by atoms with van der Waals surface area (Å²) in [6.45, 7) is 3.87. The van der Waals surface area contributed by atoms with Crippen molar-refractivity contribution in [3.8, 4) is 11.5 Å². The van der Waals surface area contributed by atoms with E-state index in [0.29, 0.717) is 22.4 Å². The highest BCUT2D eigenvalue weighted by molar-refractivity contribution is 6.12. The maximum atomic E-state index is 12.4. The zero-order valence-corrected chi connectivity index (χ0v) is 12.8. The molecule has 1 aliphatic heterocycles. The number of esters is 2. The molecule has 0 radical (unpaired) electrons. The molecule has 0 aliphatic carbocycles. The minimum Gasteiger partial charge on any atom is -0.462 e. The summed E-state index contributed by atoms with van der Waals surface area (Å²) >= 11 is 0. The molecule has 1 aromatic carbocycles. The lowest BCUT2D eigenvalue weighted by Gasteiger charge is -2.11. The van der Waals surface area contributed by atoms with Crippen molar-refractivity contribution in [3.63, 3.8) is 0 Å². The number of ether oxygens (including phenoxy) is 4. The van der Waals surface area contributed by atoms with Crippen LogP contribution in [0.1, 0.15) is 34.6 Å². The molecule has 0 saturated heterocycles. The number of hydrogen-bond donors (Lipinski definition) is 0. The molecule has 120 valence electrons. The van der Waals surface area contributed by atoms with E-state index in [2.05, 4.69) is 4.98 Å². The fourth-order valence-electron chi connectivity index (χ4n) is 2.37. The molecule has 2 heterocycles. The Balaban J connectivity index is 2.23. The molecule has 2 aromatic rings. The summed E-state index contributed by atoms with van der Waals surface area (Å²) < 4.78 is 20.7. The summed E-state index contributed by atoms with van der Waals surface area (Å²) in [6, 6.07) is 3.29. The fraction of sp³-hybridized carbons (Fsp3) is 0.312. The minimum atomic E-state index is -0.623. The molecule has 0 N–H and O–H groups in total. The van der Waals surface area contributed by atoms with Crippen LogP contribution in [-0.4, -0.2) is 36.9 Å². The number of fused-ring (bicyclic) bond motifs is 2. The Hall–Kier alpha value is -2.83. The van der Waals surface area contributed by atoms with Gasteiger partial charge in [-0.25, -0.2) is 9.59 Å². The molecule has 23 heavy (non-hydrogen) atoms. The van der Waals surface area contributed by atoms with E-state index >= 15 is 0 Å². The topological polar surface area (TPSA) is 84.0 Å². The predicted octanol–water partition coefficient (Wildman–Crippen LogP) is 2.32. The summed E-state index contributed by atoms with van der Waals surface area (Å²) in [4.78, 5) is 28.7. The molecule has 0 unspecified atom stereocenters. The number of nitrogens with zero attached hydrogens (tertiary/aromatic N) is 1. The van der Waals surface area contributed by atoms with Crippen molar-refractivity contribution >= 4 is 22.8 Å². The maximum Gasteiger partial charge on any atom is 0.340 e. The van der Waals surface area contributed by atoms with Gasteiger partial charge in [-0.2, -0.15) is 0 Å². The van der Waals surface area contributed by atoms with Crippen LogP contribution in [0.3, 0.4) is 0 Å². The number of carbonyl (C=O) groups excluding carboxylic acids is 2. The first kappa shape index (κ1) is 15.1. The van der Waals surface area contributed by atoms with Crippen molar-refractivity contribution in [1.29, 1.82) is 0 Å². The van der Waals surface area contributed by atoms with Crippen molar-refractivity contribution in [2.24, 2.45) is 0 Å². The van der Waals surface area contributed by atoms with Crippen molar-refractivity contribution in [1.82, 2.24) is 4.98 Å². The first-order chi connectivity index (χ1) is 11.2. The molecule has 7 nitrogen and oxygen atoms in total. The number of benzene rings is 1. The van der Waals surface area contributed by atoms with Gasteiger partial charge in [-0.15, -0.1) is 0 Å². The van der Waals surface area contributed by atoms with Gasteiger partial charge >= 0.3 is 11.9 Å². The van der Waals surface area contributed by atoms with Gasteiger partial charge in [-0.3, -0.25) is 4.98 Å². The van der Waals surface area contributed by atoms with Gasteiger partial charge < -0.3 is 18.9 Å². The van der Waals surface area contributed by atoms with E-state index in [9.17, 15) is 9.59 Å². The Morgan fingerprint density at radius 3 is 2.43 bits per heavy atom. The van der Waals surface area contributed by atoms with Crippen molar-refractivity contribution in [3.05, 3.63) is 29.5 Å². The summed E-state index contributed by atoms with van der Waals surface area (Å²) in [6.07, 6.45) is 1.31. The van der Waals surface area contributed by atoms with Crippen molar-refractivity contribution < 1.29 is 28.5 Å². The van der Waals surface area contributed by atoms with Crippen LogP contribution < -0.4 is 9.47 Å². The molecule has 0 fully saturated rings. The van der Waals surface area contributed by atoms with E-state index in [1.807, 2.05) is 0 Å². The quantitative estimate of drug-likeness (QED) is 0.800. The summed E-state index contributed by atoms with van der Waals surface area (Å²) in [5.74, 6) is -0.195. The van der Waals surface area contributed by atoms with Gasteiger partial charge in [-0.05, 0) is 19.9 Å². The second-order valence-corrected chi connectivity index (χ2v) is 4.71. The lowest BCUT2D eigenvalue weighted by molar-refractivity contribution is 0.0480. The third-order valence-corrected chi connectivity index (χ3v) is 3.34. The molecule has 1 aliphatic rings. The van der Waals surface area contributed by atoms with Crippen molar-refractivity contribution in [2.45, 2.75) is 13.8 Å². The Morgan fingerprint density at radius 2 is 1.74 bits per heavy atom. The summed E-state index contributed by atoms with van der Waals surface area (Å²) in [5, 5.41) is 0.457. The Labute approximate surface area is 132 Å². The zero-order chi connectivity index (χ0) is 16.4. The molecule has 0 bridgehead atoms. The number of pyridine rings is 1. The third-order valence-electron chi connectivity index (χ3n) is 3.34. The van der Waals surface area contributed by atoms with E-state index in [1.54, 1.807) is 26.0 Å². The van der Waals surface area contributed by atoms with Gasteiger partial charge in [0, 0.05) is 17.6 Å². The van der Waals surface area contributed by atoms with E-state index in [0.717, 1.165) is 0 Å². The highest BCUT2D eigenvalue weighted by Gasteiger charge is 2.25. The standard InChI is InChI=1S/C16H15NO6/c1-3-20-15(18)10-7-17-11-6-13-12(22-8-23-13)5-9(11)14(10)16(19)21-4-2/h5-7H,3-4,8H2,1-2H3. The SMILES string of the molecule is CCOC(=O)c1cnc2cc3c(cc2c1C(=O)OCC)OCO3. The molecule has 0 atom stereocenters. The first-order valence-corrected chi connectivity index (χ1v) is 7.22. The highest BCUT2D eigenvalue weighted by Crippen LogP contribution is 2.37. The van der Waals surface area contributed by atoms with Crippen LogP contribution in [0.4, 0.5) is 0 Å². The Bertz CT molecular complexity index is 786. The van der Waals surface area contributed by atoms with Gasteiger partial charge in [-0.1, -0.05) is 0 Å². The molecule has 0 saturated carbocycles. The average Bonchev–Trinajstić information content (AvgIpc) is 2.99. The van der Waals surface area contributed by atoms with Crippen LogP contribution in [0, 0.1) is 0 Å². The van der Waals surface area contributed by atoms with Crippen LogP contribution in [0.5, 0.6) is 11.5 Å². The van der Waals surface area contributed by atoms with E-state index in [1.165, 1.54) is 6.20 Å². The lowest BCUT2D eigenvalue weighted by Crippen LogP contribution is -2.15. The third kappa shape index (κ3) is 2.65. The summed E-state index contributed by atoms with van der Waals surface area (Å²) in [7, 11) is 0. The second kappa shape index (κ2) is 6.12. The fourth-order valence-corrected chi connectivity index (χ4v) is 2.37. The molecular weight excluding hydrogens is 302 g/mol. The Kier molecular flexibility index (Phi) is 4.01. The normalized spacial score (nSPS) is 12.3. The number of hydrogen-bond acceptors (Lipinski definition) is 7. The largest absolute Gasteiger partial charge is 0.462 e. The van der Waals surface area contributed by atoms with Gasteiger partial charge in [0.05, 0.1) is 29.9 Å². The second-order valence-electron chi connectivity index (χ2n) is 4.71. The minimum absolute atomic E-state index is 0.0664. The molecule has 0 amide bonds. The maximum absolute atomic E-state index is 12.4. The van der Waals surface area contributed by atoms with Gasteiger partial charge in [0.15, 0.2) is 11.5 Å². The summed E-state index contributed by atoms with van der Waals surface area (Å²) in [5.41, 5.74) is 0.690. The zero-order valence-electron chi connectivity index (χ0n) is 12.8. The van der Waals surface area contributed by atoms with Gasteiger partial charge in [0.25, 0.3) is 0 Å². The van der Waals surface area contributed by atoms with E-state index in [-0.39, 0.29) is 31.1 Å². The number of rotatable bonds is 4. The van der Waals surface area contributed by atoms with Gasteiger partial charge in [0.1, 0.15) is 0 Å². The van der Waals surface area contributed by atoms with Gasteiger partial charge in [0.2, 0.25) is 6.79 Å². The molecule has 0 spiro atoms. The molecule has 7 heteroatoms. The lowest BCUT2D eigenvalue weighted by atomic mass is 10.0. The Morgan fingerprint density at radius 1 is 1.09 bits per heavy atom. The number of carbonyl (C=O) groups is 2. The van der Waals surface area contributed by atoms with Crippen LogP contribution in [0.15, 0.2) is 18.3 Å². The first-order valence-electron chi connectivity index (χ1n) is 7.22. The molecule has 1 aromatic heterocycles. The van der Waals surface area contributed by atoms with Crippen LogP contribution >= 0.6 is 0 Å². The predicted molar refractivity (Wildman–Crippen MR) is 79.8 cm³/mol. The van der Waals surface area contributed by atoms with E-state index < -0.39 is 11.9 Å². The van der Waals surface area contributed by atoms with Crippen molar-refractivity contribution in [2.75, 3.05) is 20.0 Å². The average molecular weight is 317 g/mol. The van der Waals surface area contributed by atoms with Crippen LogP contribution in [-0.2, 0) is 9.47 Å². The van der Waals surface area contributed by atoms with Crippen LogP contribution in [0.25, 0.3) is 10.9 Å². The highest BCUT2D eigenvalue weighted by atomic mass is 16.7. The number of aromatic nitrogens is 1.